The molecule has 0 saturated heterocycles. The van der Waals surface area contributed by atoms with Crippen LogP contribution in [0, 0.1) is 11.6 Å². The number of nitrogens with one attached hydrogen (secondary N) is 1. The Morgan fingerprint density at radius 3 is 2.65 bits per heavy atom. The zero-order valence-corrected chi connectivity index (χ0v) is 10.6. The van der Waals surface area contributed by atoms with E-state index in [-0.39, 0.29) is 6.04 Å². The van der Waals surface area contributed by atoms with Crippen LogP contribution in [-0.2, 0) is 6.42 Å². The van der Waals surface area contributed by atoms with Gasteiger partial charge < -0.3 is 5.32 Å². The molecule has 1 nitrogen and oxygen atoms in total. The van der Waals surface area contributed by atoms with Gasteiger partial charge in [0.1, 0.15) is 0 Å². The van der Waals surface area contributed by atoms with E-state index in [4.69, 9.17) is 0 Å². The molecule has 0 bridgehead atoms. The van der Waals surface area contributed by atoms with Gasteiger partial charge in [0.25, 0.3) is 0 Å². The van der Waals surface area contributed by atoms with Crippen molar-refractivity contribution in [1.82, 2.24) is 5.32 Å². The van der Waals surface area contributed by atoms with Crippen LogP contribution in [0.1, 0.15) is 26.3 Å². The Morgan fingerprint density at radius 1 is 1.35 bits per heavy atom. The van der Waals surface area contributed by atoms with Crippen molar-refractivity contribution in [2.75, 3.05) is 6.54 Å². The van der Waals surface area contributed by atoms with Crippen LogP contribution in [0.15, 0.2) is 29.8 Å². The molecule has 1 atom stereocenters. The lowest BCUT2D eigenvalue weighted by Gasteiger charge is -2.15. The number of benzene rings is 1. The summed E-state index contributed by atoms with van der Waals surface area (Å²) < 4.78 is 26.6. The van der Waals surface area contributed by atoms with E-state index in [1.54, 1.807) is 12.1 Å². The molecule has 3 heteroatoms. The third kappa shape index (κ3) is 4.27. The summed E-state index contributed by atoms with van der Waals surface area (Å²) in [5, 5.41) is 3.24. The fraction of sp³-hybridized carbons (Fsp3) is 0.429. The summed E-state index contributed by atoms with van der Waals surface area (Å²) in [6.45, 7) is 6.78. The maximum Gasteiger partial charge on any atom is 0.162 e. The Morgan fingerprint density at radius 2 is 2.06 bits per heavy atom. The first-order valence-corrected chi connectivity index (χ1v) is 5.86. The topological polar surface area (TPSA) is 12.0 Å². The summed E-state index contributed by atoms with van der Waals surface area (Å²) in [6.07, 6.45) is 2.50. The number of allylic oxidation sites excluding steroid dienone is 1. The van der Waals surface area contributed by atoms with Gasteiger partial charge in [0.2, 0.25) is 0 Å². The normalized spacial score (nSPS) is 12.3. The fourth-order valence-electron chi connectivity index (χ4n) is 1.80. The van der Waals surface area contributed by atoms with Gasteiger partial charge in [-0.15, -0.1) is 0 Å². The van der Waals surface area contributed by atoms with Crippen LogP contribution in [0.5, 0.6) is 0 Å². The van der Waals surface area contributed by atoms with Crippen LogP contribution in [-0.4, -0.2) is 12.6 Å². The van der Waals surface area contributed by atoms with Crippen molar-refractivity contribution in [3.63, 3.8) is 0 Å². The van der Waals surface area contributed by atoms with E-state index in [0.717, 1.165) is 18.2 Å². The molecule has 0 aliphatic carbocycles. The molecule has 94 valence electrons. The van der Waals surface area contributed by atoms with E-state index in [1.165, 1.54) is 0 Å². The minimum atomic E-state index is -0.782. The lowest BCUT2D eigenvalue weighted by atomic mass is 10.0. The molecule has 1 rings (SSSR count). The molecule has 0 heterocycles. The Kier molecular flexibility index (Phi) is 5.29. The van der Waals surface area contributed by atoms with Gasteiger partial charge in [-0.2, -0.15) is 0 Å². The molecule has 0 saturated carbocycles. The smallest absolute Gasteiger partial charge is 0.162 e. The van der Waals surface area contributed by atoms with Crippen molar-refractivity contribution in [3.05, 3.63) is 47.0 Å². The number of halogens is 2. The first kappa shape index (κ1) is 13.8. The SMILES string of the molecule is CCNC(C=C(C)C)Cc1cccc(F)c1F. The predicted octanol–water partition coefficient (Wildman–Crippen LogP) is 3.45. The minimum absolute atomic E-state index is 0.0429. The van der Waals surface area contributed by atoms with Gasteiger partial charge in [-0.25, -0.2) is 8.78 Å². The first-order valence-electron chi connectivity index (χ1n) is 5.86. The van der Waals surface area contributed by atoms with E-state index in [0.29, 0.717) is 12.0 Å². The van der Waals surface area contributed by atoms with Crippen LogP contribution < -0.4 is 5.32 Å². The third-order valence-corrected chi connectivity index (χ3v) is 2.47. The molecule has 17 heavy (non-hydrogen) atoms. The average molecular weight is 239 g/mol. The monoisotopic (exact) mass is 239 g/mol. The van der Waals surface area contributed by atoms with Gasteiger partial charge in [-0.05, 0) is 38.4 Å². The Bertz CT molecular complexity index is 395. The zero-order chi connectivity index (χ0) is 12.8. The highest BCUT2D eigenvalue weighted by Crippen LogP contribution is 2.14. The van der Waals surface area contributed by atoms with Crippen LogP contribution >= 0.6 is 0 Å². The molecular weight excluding hydrogens is 220 g/mol. The van der Waals surface area contributed by atoms with Gasteiger partial charge in [-0.3, -0.25) is 0 Å². The summed E-state index contributed by atoms with van der Waals surface area (Å²) in [6, 6.07) is 4.35. The summed E-state index contributed by atoms with van der Waals surface area (Å²) in [5.41, 5.74) is 1.57. The minimum Gasteiger partial charge on any atom is -0.310 e. The lowest BCUT2D eigenvalue weighted by molar-refractivity contribution is 0.491. The van der Waals surface area contributed by atoms with Crippen molar-refractivity contribution in [2.24, 2.45) is 0 Å². The number of likely N-dealkylation sites (N-methyl/N-ethyl adjacent to an activating group) is 1. The van der Waals surface area contributed by atoms with Crippen molar-refractivity contribution in [1.29, 1.82) is 0 Å². The highest BCUT2D eigenvalue weighted by molar-refractivity contribution is 5.21. The Hall–Kier alpha value is -1.22. The van der Waals surface area contributed by atoms with Gasteiger partial charge in [-0.1, -0.05) is 30.7 Å². The highest BCUT2D eigenvalue weighted by atomic mass is 19.2. The van der Waals surface area contributed by atoms with Gasteiger partial charge >= 0.3 is 0 Å². The molecule has 1 aromatic carbocycles. The largest absolute Gasteiger partial charge is 0.310 e. The number of hydrogen-bond acceptors (Lipinski definition) is 1. The predicted molar refractivity (Wildman–Crippen MR) is 67.0 cm³/mol. The van der Waals surface area contributed by atoms with Gasteiger partial charge in [0.15, 0.2) is 11.6 Å². The summed E-state index contributed by atoms with van der Waals surface area (Å²) in [5.74, 6) is -1.52. The quantitative estimate of drug-likeness (QED) is 0.776. The molecule has 0 fully saturated rings. The summed E-state index contributed by atoms with van der Waals surface area (Å²) in [7, 11) is 0. The van der Waals surface area contributed by atoms with Crippen LogP contribution in [0.4, 0.5) is 8.78 Å². The second kappa shape index (κ2) is 6.50. The van der Waals surface area contributed by atoms with E-state index in [2.05, 4.69) is 5.32 Å². The van der Waals surface area contributed by atoms with Gasteiger partial charge in [0, 0.05) is 6.04 Å². The molecule has 1 N–H and O–H groups in total. The molecule has 0 aliphatic heterocycles. The van der Waals surface area contributed by atoms with E-state index in [1.807, 2.05) is 26.8 Å². The van der Waals surface area contributed by atoms with Crippen molar-refractivity contribution in [3.8, 4) is 0 Å². The maximum atomic E-state index is 13.5. The Balaban J connectivity index is 2.86. The molecule has 0 spiro atoms. The lowest BCUT2D eigenvalue weighted by Crippen LogP contribution is -2.29. The Labute approximate surface area is 102 Å². The summed E-state index contributed by atoms with van der Waals surface area (Å²) >= 11 is 0. The first-order chi connectivity index (χ1) is 8.04. The van der Waals surface area contributed by atoms with Crippen LogP contribution in [0.25, 0.3) is 0 Å². The molecule has 1 aromatic rings. The third-order valence-electron chi connectivity index (χ3n) is 2.47. The molecule has 0 radical (unpaired) electrons. The molecule has 0 aromatic heterocycles. The standard InChI is InChI=1S/C14H19F2N/c1-4-17-12(8-10(2)3)9-11-6-5-7-13(15)14(11)16/h5-8,12,17H,4,9H2,1-3H3. The van der Waals surface area contributed by atoms with Crippen molar-refractivity contribution in [2.45, 2.75) is 33.2 Å². The second-order valence-corrected chi connectivity index (χ2v) is 4.33. The summed E-state index contributed by atoms with van der Waals surface area (Å²) in [4.78, 5) is 0. The number of rotatable bonds is 5. The molecule has 0 amide bonds. The number of hydrogen-bond donors (Lipinski definition) is 1. The van der Waals surface area contributed by atoms with Crippen LogP contribution in [0.3, 0.4) is 0 Å². The van der Waals surface area contributed by atoms with Crippen molar-refractivity contribution < 1.29 is 8.78 Å². The maximum absolute atomic E-state index is 13.5. The van der Waals surface area contributed by atoms with Crippen LogP contribution in [0.2, 0.25) is 0 Å². The molecule has 0 aliphatic rings. The van der Waals surface area contributed by atoms with Gasteiger partial charge in [0.05, 0.1) is 0 Å². The molecular formula is C14H19F2N. The zero-order valence-electron chi connectivity index (χ0n) is 10.6. The van der Waals surface area contributed by atoms with E-state index >= 15 is 0 Å². The second-order valence-electron chi connectivity index (χ2n) is 4.33. The average Bonchev–Trinajstić information content (AvgIpc) is 2.24. The fourth-order valence-corrected chi connectivity index (χ4v) is 1.80. The van der Waals surface area contributed by atoms with Crippen molar-refractivity contribution >= 4 is 0 Å². The van der Waals surface area contributed by atoms with E-state index < -0.39 is 11.6 Å². The van der Waals surface area contributed by atoms with E-state index in [9.17, 15) is 8.78 Å². The molecule has 1 unspecified atom stereocenters. The highest BCUT2D eigenvalue weighted by Gasteiger charge is 2.11.